The quantitative estimate of drug-likeness (QED) is 0.374. The number of rotatable bonds is 0. The minimum atomic E-state index is 0. The Morgan fingerprint density at radius 2 is 2.11 bits per heavy atom. The van der Waals surface area contributed by atoms with Gasteiger partial charge in [-0.1, -0.05) is 0 Å². The molecule has 2 rings (SSSR count). The first-order chi connectivity index (χ1) is 3.97. The van der Waals surface area contributed by atoms with E-state index >= 15 is 0 Å². The van der Waals surface area contributed by atoms with E-state index in [0.29, 0.717) is 0 Å². The summed E-state index contributed by atoms with van der Waals surface area (Å²) in [7, 11) is 0. The molecule has 0 heterocycles. The van der Waals surface area contributed by atoms with Crippen LogP contribution >= 0.6 is 0 Å². The molecule has 0 aliphatic heterocycles. The van der Waals surface area contributed by atoms with Crippen molar-refractivity contribution in [3.63, 3.8) is 0 Å². The summed E-state index contributed by atoms with van der Waals surface area (Å²) >= 11 is 0. The molecular weight excluding hydrogens is 155 g/mol. The van der Waals surface area contributed by atoms with E-state index in [1.165, 1.54) is 11.1 Å². The van der Waals surface area contributed by atoms with Crippen molar-refractivity contribution in [2.75, 3.05) is 0 Å². The van der Waals surface area contributed by atoms with Gasteiger partial charge in [0.25, 0.3) is 0 Å². The molecule has 0 amide bonds. The van der Waals surface area contributed by atoms with Crippen LogP contribution in [0.15, 0.2) is 41.5 Å². The Morgan fingerprint density at radius 1 is 1.22 bits per heavy atom. The molecule has 0 N–H and O–H groups in total. The Kier molecular flexibility index (Phi) is 1.73. The predicted octanol–water partition coefficient (Wildman–Crippen LogP) is 1.78. The van der Waals surface area contributed by atoms with Crippen LogP contribution < -0.4 is 0 Å². The molecule has 0 spiro atoms. The fraction of sp³-hybridized carbons (Fsp3) is 0. The van der Waals surface area contributed by atoms with Gasteiger partial charge < -0.3 is 0 Å². The summed E-state index contributed by atoms with van der Waals surface area (Å²) < 4.78 is 0. The third-order valence-corrected chi connectivity index (χ3v) is 1.35. The van der Waals surface area contributed by atoms with Crippen molar-refractivity contribution in [2.24, 2.45) is 0 Å². The van der Waals surface area contributed by atoms with Gasteiger partial charge in [-0.2, -0.15) is 17.7 Å². The van der Waals surface area contributed by atoms with E-state index in [9.17, 15) is 0 Å². The van der Waals surface area contributed by atoms with Crippen molar-refractivity contribution in [3.05, 3.63) is 47.6 Å². The van der Waals surface area contributed by atoms with Gasteiger partial charge in [-0.15, -0.1) is 29.9 Å². The number of allylic oxidation sites excluding steroid dienone is 8. The van der Waals surface area contributed by atoms with Crippen molar-refractivity contribution in [3.8, 4) is 0 Å². The van der Waals surface area contributed by atoms with Crippen molar-refractivity contribution in [1.82, 2.24) is 0 Å². The van der Waals surface area contributed by atoms with E-state index in [4.69, 9.17) is 0 Å². The average molecular weight is 160 g/mol. The Balaban J connectivity index is 0.000000405. The molecule has 0 radical (unpaired) electrons. The molecule has 9 heavy (non-hydrogen) atoms. The molecule has 2 aliphatic rings. The predicted molar refractivity (Wildman–Crippen MR) is 33.1 cm³/mol. The minimum absolute atomic E-state index is 0. The second-order valence-electron chi connectivity index (χ2n) is 1.87. The SMILES string of the molecule is [C-]1=CC=C2C=CC=C12.[Ni]. The van der Waals surface area contributed by atoms with Crippen LogP contribution in [0.2, 0.25) is 0 Å². The zero-order valence-corrected chi connectivity index (χ0v) is 5.69. The van der Waals surface area contributed by atoms with Crippen molar-refractivity contribution < 1.29 is 16.5 Å². The third-order valence-electron chi connectivity index (χ3n) is 1.35. The first-order valence-corrected chi connectivity index (χ1v) is 2.65. The van der Waals surface area contributed by atoms with Gasteiger partial charge in [-0.05, 0) is 0 Å². The van der Waals surface area contributed by atoms with E-state index in [1.54, 1.807) is 0 Å². The van der Waals surface area contributed by atoms with E-state index < -0.39 is 0 Å². The smallest absolute Gasteiger partial charge is 0 e. The Morgan fingerprint density at radius 3 is 2.89 bits per heavy atom. The van der Waals surface area contributed by atoms with E-state index in [0.717, 1.165) is 0 Å². The van der Waals surface area contributed by atoms with Gasteiger partial charge in [0.1, 0.15) is 0 Å². The first-order valence-electron chi connectivity index (χ1n) is 2.65. The van der Waals surface area contributed by atoms with Gasteiger partial charge in [-0.3, -0.25) is 0 Å². The zero-order chi connectivity index (χ0) is 5.40. The normalized spacial score (nSPS) is 18.7. The molecule has 0 nitrogen and oxygen atoms in total. The van der Waals surface area contributed by atoms with Crippen LogP contribution in [0.5, 0.6) is 0 Å². The van der Waals surface area contributed by atoms with Gasteiger partial charge in [-0.25, -0.2) is 0 Å². The number of hydrogen-bond acceptors (Lipinski definition) is 0. The summed E-state index contributed by atoms with van der Waals surface area (Å²) in [6.45, 7) is 0. The van der Waals surface area contributed by atoms with Gasteiger partial charge in [0.2, 0.25) is 0 Å². The van der Waals surface area contributed by atoms with Gasteiger partial charge in [0.15, 0.2) is 0 Å². The molecule has 0 bridgehead atoms. The van der Waals surface area contributed by atoms with Gasteiger partial charge in [0.05, 0.1) is 0 Å². The molecule has 1 heteroatoms. The summed E-state index contributed by atoms with van der Waals surface area (Å²) in [5.74, 6) is 0. The maximum Gasteiger partial charge on any atom is 0 e. The third kappa shape index (κ3) is 0.928. The largest absolute Gasteiger partial charge is 0.168 e. The summed E-state index contributed by atoms with van der Waals surface area (Å²) in [5, 5.41) is 0. The zero-order valence-electron chi connectivity index (χ0n) is 4.70. The second kappa shape index (κ2) is 2.37. The average Bonchev–Trinajstić information content (AvgIpc) is 2.15. The van der Waals surface area contributed by atoms with Crippen LogP contribution in [0.1, 0.15) is 0 Å². The summed E-state index contributed by atoms with van der Waals surface area (Å²) in [4.78, 5) is 0. The van der Waals surface area contributed by atoms with Crippen LogP contribution in [0.25, 0.3) is 0 Å². The van der Waals surface area contributed by atoms with Gasteiger partial charge >= 0.3 is 0 Å². The van der Waals surface area contributed by atoms with Crippen molar-refractivity contribution >= 4 is 0 Å². The molecule has 0 aromatic heterocycles. The van der Waals surface area contributed by atoms with Crippen LogP contribution in [-0.4, -0.2) is 0 Å². The molecule has 0 saturated heterocycles. The molecule has 2 aliphatic carbocycles. The molecule has 0 unspecified atom stereocenters. The molecule has 0 atom stereocenters. The van der Waals surface area contributed by atoms with Crippen LogP contribution in [0.4, 0.5) is 0 Å². The maximum atomic E-state index is 3.10. The summed E-state index contributed by atoms with van der Waals surface area (Å²) in [5.41, 5.74) is 2.52. The van der Waals surface area contributed by atoms with Gasteiger partial charge in [0, 0.05) is 16.5 Å². The Hall–Kier alpha value is -0.546. The van der Waals surface area contributed by atoms with Crippen LogP contribution in [0.3, 0.4) is 0 Å². The fourth-order valence-electron chi connectivity index (χ4n) is 0.932. The fourth-order valence-corrected chi connectivity index (χ4v) is 0.932. The van der Waals surface area contributed by atoms with E-state index in [2.05, 4.69) is 24.3 Å². The molecule has 0 aromatic rings. The molecule has 0 saturated carbocycles. The minimum Gasteiger partial charge on any atom is -0.168 e. The molecule has 0 fully saturated rings. The van der Waals surface area contributed by atoms with Crippen LogP contribution in [0, 0.1) is 6.08 Å². The van der Waals surface area contributed by atoms with Crippen LogP contribution in [-0.2, 0) is 16.5 Å². The maximum absolute atomic E-state index is 3.10. The van der Waals surface area contributed by atoms with Crippen molar-refractivity contribution in [2.45, 2.75) is 0 Å². The first kappa shape index (κ1) is 6.57. The number of hydrogen-bond donors (Lipinski definition) is 0. The topological polar surface area (TPSA) is 0 Å². The monoisotopic (exact) mass is 159 g/mol. The summed E-state index contributed by atoms with van der Waals surface area (Å²) in [6.07, 6.45) is 13.3. The standard InChI is InChI=1S/C8H5.Ni/c1-3-7-5-2-6-8(7)4-1;/h1-5H;/q-1;. The van der Waals surface area contributed by atoms with E-state index in [-0.39, 0.29) is 16.5 Å². The molecule has 0 aromatic carbocycles. The van der Waals surface area contributed by atoms with E-state index in [1.807, 2.05) is 12.2 Å². The summed E-state index contributed by atoms with van der Waals surface area (Å²) in [6, 6.07) is 0. The molecule has 48 valence electrons. The van der Waals surface area contributed by atoms with Crippen molar-refractivity contribution in [1.29, 1.82) is 0 Å². The Bertz CT molecular complexity index is 203. The second-order valence-corrected chi connectivity index (χ2v) is 1.87. The Labute approximate surface area is 64.6 Å². The number of fused-ring (bicyclic) bond motifs is 1. The molecular formula is C8H5Ni-.